The average molecular weight is 290 g/mol. The van der Waals surface area contributed by atoms with Crippen molar-refractivity contribution in [3.63, 3.8) is 0 Å². The van der Waals surface area contributed by atoms with Gasteiger partial charge in [0.05, 0.1) is 5.71 Å². The van der Waals surface area contributed by atoms with Gasteiger partial charge in [-0.05, 0) is 24.0 Å². The lowest BCUT2D eigenvalue weighted by atomic mass is 9.94. The molecule has 0 aliphatic carbocycles. The van der Waals surface area contributed by atoms with Gasteiger partial charge in [0, 0.05) is 25.1 Å². The van der Waals surface area contributed by atoms with Crippen LogP contribution < -0.4 is 10.7 Å². The van der Waals surface area contributed by atoms with Gasteiger partial charge in [0.2, 0.25) is 5.91 Å². The molecular formula is C14H18N4OS. The van der Waals surface area contributed by atoms with Gasteiger partial charge in [-0.25, -0.2) is 5.43 Å². The Morgan fingerprint density at radius 1 is 1.45 bits per heavy atom. The van der Waals surface area contributed by atoms with E-state index < -0.39 is 0 Å². The predicted octanol–water partition coefficient (Wildman–Crippen LogP) is 2.31. The van der Waals surface area contributed by atoms with Crippen molar-refractivity contribution in [2.24, 2.45) is 16.0 Å². The van der Waals surface area contributed by atoms with Crippen LogP contribution in [0.1, 0.15) is 18.9 Å². The quantitative estimate of drug-likeness (QED) is 0.649. The SMILES string of the molecule is CN=C(Nc1ccc(C2=NNC(=O)CC2C)cc1)SC. The third-order valence-corrected chi connectivity index (χ3v) is 3.76. The van der Waals surface area contributed by atoms with Crippen molar-refractivity contribution in [3.8, 4) is 0 Å². The fraction of sp³-hybridized carbons (Fsp3) is 0.357. The summed E-state index contributed by atoms with van der Waals surface area (Å²) < 4.78 is 0. The number of nitrogens with zero attached hydrogens (tertiary/aromatic N) is 2. The van der Waals surface area contributed by atoms with E-state index in [-0.39, 0.29) is 11.8 Å². The zero-order chi connectivity index (χ0) is 14.5. The van der Waals surface area contributed by atoms with Gasteiger partial charge < -0.3 is 5.32 Å². The van der Waals surface area contributed by atoms with Gasteiger partial charge in [-0.2, -0.15) is 5.10 Å². The minimum absolute atomic E-state index is 0.0247. The Labute approximate surface area is 122 Å². The summed E-state index contributed by atoms with van der Waals surface area (Å²) in [6.07, 6.45) is 2.46. The van der Waals surface area contributed by atoms with Crippen LogP contribution in [0, 0.1) is 5.92 Å². The molecule has 0 bridgehead atoms. The van der Waals surface area contributed by atoms with E-state index in [1.54, 1.807) is 18.8 Å². The topological polar surface area (TPSA) is 65.8 Å². The smallest absolute Gasteiger partial charge is 0.240 e. The summed E-state index contributed by atoms with van der Waals surface area (Å²) >= 11 is 1.57. The number of thioether (sulfide) groups is 1. The highest BCUT2D eigenvalue weighted by molar-refractivity contribution is 8.13. The molecule has 2 N–H and O–H groups in total. The molecule has 1 unspecified atom stereocenters. The maximum atomic E-state index is 11.2. The molecule has 1 aromatic carbocycles. The molecule has 0 saturated heterocycles. The number of hydrazone groups is 1. The fourth-order valence-electron chi connectivity index (χ4n) is 2.05. The highest BCUT2D eigenvalue weighted by Crippen LogP contribution is 2.19. The number of anilines is 1. The van der Waals surface area contributed by atoms with Crippen molar-refractivity contribution in [1.82, 2.24) is 5.43 Å². The molecule has 1 amide bonds. The van der Waals surface area contributed by atoms with E-state index in [0.717, 1.165) is 22.1 Å². The van der Waals surface area contributed by atoms with Gasteiger partial charge in [0.25, 0.3) is 0 Å². The van der Waals surface area contributed by atoms with Gasteiger partial charge >= 0.3 is 0 Å². The highest BCUT2D eigenvalue weighted by Gasteiger charge is 2.21. The van der Waals surface area contributed by atoms with Crippen LogP contribution >= 0.6 is 11.8 Å². The van der Waals surface area contributed by atoms with E-state index in [2.05, 4.69) is 20.8 Å². The summed E-state index contributed by atoms with van der Waals surface area (Å²) in [6.45, 7) is 2.01. The first kappa shape index (κ1) is 14.6. The van der Waals surface area contributed by atoms with Gasteiger partial charge in [0.15, 0.2) is 5.17 Å². The number of amides is 1. The average Bonchev–Trinajstić information content (AvgIpc) is 2.46. The van der Waals surface area contributed by atoms with Crippen LogP contribution in [0.2, 0.25) is 0 Å². The molecule has 1 aliphatic heterocycles. The lowest BCUT2D eigenvalue weighted by Crippen LogP contribution is -2.31. The molecule has 2 rings (SSSR count). The Hall–Kier alpha value is -1.82. The molecule has 0 saturated carbocycles. The third-order valence-electron chi connectivity index (χ3n) is 3.09. The molecule has 1 aliphatic rings. The van der Waals surface area contributed by atoms with Crippen LogP contribution in [0.25, 0.3) is 0 Å². The van der Waals surface area contributed by atoms with E-state index in [9.17, 15) is 4.79 Å². The third kappa shape index (κ3) is 3.39. The second-order valence-electron chi connectivity index (χ2n) is 4.57. The Morgan fingerprint density at radius 3 is 2.70 bits per heavy atom. The van der Waals surface area contributed by atoms with Gasteiger partial charge in [-0.3, -0.25) is 9.79 Å². The maximum absolute atomic E-state index is 11.2. The van der Waals surface area contributed by atoms with Gasteiger partial charge in [-0.15, -0.1) is 0 Å². The Kier molecular flexibility index (Phi) is 4.79. The van der Waals surface area contributed by atoms with Crippen molar-refractivity contribution >= 4 is 34.2 Å². The van der Waals surface area contributed by atoms with E-state index >= 15 is 0 Å². The van der Waals surface area contributed by atoms with Crippen molar-refractivity contribution < 1.29 is 4.79 Å². The lowest BCUT2D eigenvalue weighted by Gasteiger charge is -2.19. The molecule has 1 aromatic rings. The van der Waals surface area contributed by atoms with Crippen molar-refractivity contribution in [2.45, 2.75) is 13.3 Å². The standard InChI is InChI=1S/C14H18N4OS/c1-9-8-12(19)17-18-13(9)10-4-6-11(7-5-10)16-14(15-2)20-3/h4-7,9H,8H2,1-3H3,(H,15,16)(H,17,19). The normalized spacial score (nSPS) is 19.4. The Balaban J connectivity index is 2.14. The summed E-state index contributed by atoms with van der Waals surface area (Å²) in [5, 5.41) is 8.25. The number of aliphatic imine (C=N–C) groups is 1. The molecular weight excluding hydrogens is 272 g/mol. The second-order valence-corrected chi connectivity index (χ2v) is 5.37. The first-order valence-electron chi connectivity index (χ1n) is 6.38. The first-order chi connectivity index (χ1) is 9.63. The zero-order valence-corrected chi connectivity index (χ0v) is 12.6. The van der Waals surface area contributed by atoms with Crippen LogP contribution in [0.15, 0.2) is 34.4 Å². The van der Waals surface area contributed by atoms with Crippen molar-refractivity contribution in [1.29, 1.82) is 0 Å². The summed E-state index contributed by atoms with van der Waals surface area (Å²) in [7, 11) is 1.76. The number of nitrogens with one attached hydrogen (secondary N) is 2. The molecule has 0 aromatic heterocycles. The minimum atomic E-state index is -0.0247. The van der Waals surface area contributed by atoms with Crippen LogP contribution in [0.3, 0.4) is 0 Å². The van der Waals surface area contributed by atoms with Crippen LogP contribution in [-0.4, -0.2) is 30.1 Å². The monoisotopic (exact) mass is 290 g/mol. The molecule has 6 heteroatoms. The molecule has 0 spiro atoms. The van der Waals surface area contributed by atoms with E-state index in [1.807, 2.05) is 37.4 Å². The predicted molar refractivity (Wildman–Crippen MR) is 85.4 cm³/mol. The lowest BCUT2D eigenvalue weighted by molar-refractivity contribution is -0.121. The van der Waals surface area contributed by atoms with E-state index in [0.29, 0.717) is 6.42 Å². The molecule has 5 nitrogen and oxygen atoms in total. The number of hydrogen-bond acceptors (Lipinski definition) is 4. The van der Waals surface area contributed by atoms with Crippen LogP contribution in [0.4, 0.5) is 5.69 Å². The van der Waals surface area contributed by atoms with E-state index in [4.69, 9.17) is 0 Å². The summed E-state index contributed by atoms with van der Waals surface area (Å²) in [5.74, 6) is 0.116. The summed E-state index contributed by atoms with van der Waals surface area (Å²) in [4.78, 5) is 15.4. The number of rotatable bonds is 2. The van der Waals surface area contributed by atoms with Gasteiger partial charge in [0.1, 0.15) is 0 Å². The molecule has 20 heavy (non-hydrogen) atoms. The summed E-state index contributed by atoms with van der Waals surface area (Å²) in [6, 6.07) is 7.98. The van der Waals surface area contributed by atoms with E-state index in [1.165, 1.54) is 0 Å². The van der Waals surface area contributed by atoms with Crippen molar-refractivity contribution in [3.05, 3.63) is 29.8 Å². The Morgan fingerprint density at radius 2 is 2.15 bits per heavy atom. The molecule has 0 radical (unpaired) electrons. The second kappa shape index (κ2) is 6.56. The fourth-order valence-corrected chi connectivity index (χ4v) is 2.45. The van der Waals surface area contributed by atoms with Crippen LogP contribution in [-0.2, 0) is 4.79 Å². The molecule has 0 fully saturated rings. The molecule has 1 heterocycles. The first-order valence-corrected chi connectivity index (χ1v) is 7.61. The van der Waals surface area contributed by atoms with Gasteiger partial charge in [-0.1, -0.05) is 30.8 Å². The maximum Gasteiger partial charge on any atom is 0.240 e. The summed E-state index contributed by atoms with van der Waals surface area (Å²) in [5.41, 5.74) is 5.47. The number of carbonyl (C=O) groups is 1. The van der Waals surface area contributed by atoms with Crippen LogP contribution in [0.5, 0.6) is 0 Å². The molecule has 106 valence electrons. The minimum Gasteiger partial charge on any atom is -0.335 e. The molecule has 1 atom stereocenters. The number of hydrogen-bond donors (Lipinski definition) is 2. The Bertz CT molecular complexity index is 551. The zero-order valence-electron chi connectivity index (χ0n) is 11.8. The number of benzene rings is 1. The number of carbonyl (C=O) groups excluding carboxylic acids is 1. The van der Waals surface area contributed by atoms with Crippen molar-refractivity contribution in [2.75, 3.05) is 18.6 Å². The number of amidine groups is 1. The highest BCUT2D eigenvalue weighted by atomic mass is 32.2. The largest absolute Gasteiger partial charge is 0.335 e.